The minimum absolute atomic E-state index is 0.0618. The lowest BCUT2D eigenvalue weighted by Crippen LogP contribution is -2.34. The van der Waals surface area contributed by atoms with Crippen molar-refractivity contribution in [2.75, 3.05) is 0 Å². The minimum Gasteiger partial charge on any atom is -0.480 e. The van der Waals surface area contributed by atoms with Crippen LogP contribution in [0.3, 0.4) is 0 Å². The first-order valence-corrected chi connectivity index (χ1v) is 13.3. The molecule has 0 fully saturated rings. The molecule has 11 heteroatoms. The Morgan fingerprint density at radius 1 is 1.14 bits per heavy atom. The molecule has 5 rings (SSSR count). The van der Waals surface area contributed by atoms with Crippen LogP contribution in [0.5, 0.6) is 11.5 Å². The fourth-order valence-corrected chi connectivity index (χ4v) is 6.49. The van der Waals surface area contributed by atoms with Gasteiger partial charge in [0.2, 0.25) is 16.8 Å². The molecule has 0 spiro atoms. The normalized spacial score (nSPS) is 16.9. The summed E-state index contributed by atoms with van der Waals surface area (Å²) in [4.78, 5) is 24.5. The highest BCUT2D eigenvalue weighted by atomic mass is 79.9. The van der Waals surface area contributed by atoms with Crippen molar-refractivity contribution < 1.29 is 26.7 Å². The van der Waals surface area contributed by atoms with Crippen LogP contribution in [-0.4, -0.2) is 18.9 Å². The van der Waals surface area contributed by atoms with Crippen LogP contribution in [0.15, 0.2) is 62.6 Å². The van der Waals surface area contributed by atoms with Gasteiger partial charge < -0.3 is 13.3 Å². The highest BCUT2D eigenvalue weighted by Gasteiger charge is 2.44. The van der Waals surface area contributed by atoms with Crippen LogP contribution in [0.1, 0.15) is 36.2 Å². The SMILES string of the molecule is Cc1ccc(S(=O)(=O)Oc2c3c(c([N+](=O)[O-])c4oc5ccccc5c(=O)c24)OC(C)(C)CC3Br)cc1. The van der Waals surface area contributed by atoms with E-state index in [-0.39, 0.29) is 38.3 Å². The van der Waals surface area contributed by atoms with E-state index in [0.717, 1.165) is 5.56 Å². The topological polar surface area (TPSA) is 126 Å². The van der Waals surface area contributed by atoms with Crippen LogP contribution < -0.4 is 14.3 Å². The van der Waals surface area contributed by atoms with Crippen molar-refractivity contribution in [3.05, 3.63) is 80.0 Å². The third kappa shape index (κ3) is 3.92. The predicted molar refractivity (Wildman–Crippen MR) is 137 cm³/mol. The number of alkyl halides is 1. The van der Waals surface area contributed by atoms with Crippen molar-refractivity contribution >= 4 is 53.7 Å². The summed E-state index contributed by atoms with van der Waals surface area (Å²) in [7, 11) is -4.44. The maximum absolute atomic E-state index is 13.7. The largest absolute Gasteiger partial charge is 0.480 e. The highest BCUT2D eigenvalue weighted by Crippen LogP contribution is 2.56. The van der Waals surface area contributed by atoms with Crippen LogP contribution in [-0.2, 0) is 10.1 Å². The summed E-state index contributed by atoms with van der Waals surface area (Å²) in [5.74, 6) is -0.568. The smallest absolute Gasteiger partial charge is 0.354 e. The molecule has 1 aliphatic rings. The number of hydrogen-bond acceptors (Lipinski definition) is 8. The van der Waals surface area contributed by atoms with E-state index in [1.165, 1.54) is 24.3 Å². The van der Waals surface area contributed by atoms with E-state index >= 15 is 0 Å². The van der Waals surface area contributed by atoms with Crippen molar-refractivity contribution in [2.45, 2.75) is 42.5 Å². The average molecular weight is 574 g/mol. The lowest BCUT2D eigenvalue weighted by Gasteiger charge is -2.35. The molecule has 1 atom stereocenters. The first-order valence-electron chi connectivity index (χ1n) is 10.9. The molecule has 1 aliphatic heterocycles. The lowest BCUT2D eigenvalue weighted by molar-refractivity contribution is -0.385. The molecule has 0 saturated heterocycles. The number of nitro benzene ring substituents is 1. The van der Waals surface area contributed by atoms with E-state index in [0.29, 0.717) is 6.42 Å². The Morgan fingerprint density at radius 2 is 1.81 bits per heavy atom. The monoisotopic (exact) mass is 573 g/mol. The van der Waals surface area contributed by atoms with Gasteiger partial charge in [0, 0.05) is 6.42 Å². The molecule has 2 heterocycles. The number of para-hydroxylation sites is 1. The standard InChI is InChI=1S/C25H20BrNO8S/c1-13-8-10-14(11-9-13)36(31,32)35-22-18-16(26)12-25(2,3)34-24(18)20(27(29)30)23-19(22)21(28)15-6-4-5-7-17(15)33-23/h4-11,16H,12H2,1-3H3. The fourth-order valence-electron chi connectivity index (χ4n) is 4.34. The Hall–Kier alpha value is -3.44. The Morgan fingerprint density at radius 3 is 2.47 bits per heavy atom. The van der Waals surface area contributed by atoms with Gasteiger partial charge in [-0.15, -0.1) is 0 Å². The molecule has 0 aliphatic carbocycles. The zero-order valence-corrected chi connectivity index (χ0v) is 21.8. The number of hydrogen-bond donors (Lipinski definition) is 0. The Balaban J connectivity index is 1.93. The molecule has 0 saturated carbocycles. The molecule has 36 heavy (non-hydrogen) atoms. The zero-order valence-electron chi connectivity index (χ0n) is 19.4. The van der Waals surface area contributed by atoms with Gasteiger partial charge in [-0.3, -0.25) is 14.9 Å². The molecule has 3 aromatic carbocycles. The van der Waals surface area contributed by atoms with Gasteiger partial charge in [0.25, 0.3) is 0 Å². The van der Waals surface area contributed by atoms with Crippen LogP contribution in [0.25, 0.3) is 21.9 Å². The van der Waals surface area contributed by atoms with Crippen LogP contribution in [0, 0.1) is 17.0 Å². The average Bonchev–Trinajstić information content (AvgIpc) is 2.77. The number of fused-ring (bicyclic) bond motifs is 3. The molecular weight excluding hydrogens is 554 g/mol. The summed E-state index contributed by atoms with van der Waals surface area (Å²) >= 11 is 3.52. The van der Waals surface area contributed by atoms with Crippen LogP contribution in [0.2, 0.25) is 0 Å². The summed E-state index contributed by atoms with van der Waals surface area (Å²) in [5.41, 5.74) is -1.48. The van der Waals surface area contributed by atoms with Crippen LogP contribution >= 0.6 is 15.9 Å². The molecule has 4 aromatic rings. The molecule has 0 radical (unpaired) electrons. The molecule has 1 aromatic heterocycles. The first-order chi connectivity index (χ1) is 16.9. The number of benzene rings is 3. The summed E-state index contributed by atoms with van der Waals surface area (Å²) < 4.78 is 44.1. The minimum atomic E-state index is -4.44. The van der Waals surface area contributed by atoms with E-state index in [1.54, 1.807) is 38.1 Å². The molecule has 186 valence electrons. The quantitative estimate of drug-likeness (QED) is 0.0966. The number of nitro groups is 1. The molecule has 1 unspecified atom stereocenters. The van der Waals surface area contributed by atoms with Gasteiger partial charge in [0.05, 0.1) is 20.7 Å². The molecule has 0 bridgehead atoms. The third-order valence-corrected chi connectivity index (χ3v) is 8.01. The Bertz CT molecular complexity index is 1730. The lowest BCUT2D eigenvalue weighted by atomic mass is 9.91. The summed E-state index contributed by atoms with van der Waals surface area (Å²) in [6, 6.07) is 12.2. The van der Waals surface area contributed by atoms with E-state index < -0.39 is 42.2 Å². The summed E-state index contributed by atoms with van der Waals surface area (Å²) in [6.07, 6.45) is 0.322. The molecular formula is C25H20BrNO8S. The molecule has 0 amide bonds. The number of aryl methyl sites for hydroxylation is 1. The first kappa shape index (κ1) is 24.3. The van der Waals surface area contributed by atoms with Crippen molar-refractivity contribution in [1.29, 1.82) is 0 Å². The highest BCUT2D eigenvalue weighted by molar-refractivity contribution is 9.09. The van der Waals surface area contributed by atoms with Crippen molar-refractivity contribution in [1.82, 2.24) is 0 Å². The molecule has 9 nitrogen and oxygen atoms in total. The Labute approximate surface area is 214 Å². The second-order valence-electron chi connectivity index (χ2n) is 9.19. The third-order valence-electron chi connectivity index (χ3n) is 5.99. The van der Waals surface area contributed by atoms with Crippen molar-refractivity contribution in [2.24, 2.45) is 0 Å². The fraction of sp³-hybridized carbons (Fsp3) is 0.240. The van der Waals surface area contributed by atoms with Gasteiger partial charge in [-0.2, -0.15) is 8.42 Å². The number of halogens is 1. The van der Waals surface area contributed by atoms with Gasteiger partial charge >= 0.3 is 15.8 Å². The predicted octanol–water partition coefficient (Wildman–Crippen LogP) is 5.93. The van der Waals surface area contributed by atoms with E-state index in [1.807, 2.05) is 6.92 Å². The number of rotatable bonds is 4. The van der Waals surface area contributed by atoms with Gasteiger partial charge in [-0.25, -0.2) is 0 Å². The number of nitrogens with zero attached hydrogens (tertiary/aromatic N) is 1. The maximum atomic E-state index is 13.7. The zero-order chi connectivity index (χ0) is 26.0. The second kappa shape index (κ2) is 8.31. The Kier molecular flexibility index (Phi) is 5.60. The van der Waals surface area contributed by atoms with E-state index in [2.05, 4.69) is 15.9 Å². The summed E-state index contributed by atoms with van der Waals surface area (Å²) in [6.45, 7) is 5.30. The summed E-state index contributed by atoms with van der Waals surface area (Å²) in [5, 5.41) is 12.1. The number of ether oxygens (including phenoxy) is 1. The van der Waals surface area contributed by atoms with Gasteiger partial charge in [-0.05, 0) is 45.0 Å². The van der Waals surface area contributed by atoms with Gasteiger partial charge in [-0.1, -0.05) is 45.8 Å². The van der Waals surface area contributed by atoms with Crippen molar-refractivity contribution in [3.8, 4) is 11.5 Å². The molecule has 0 N–H and O–H groups in total. The van der Waals surface area contributed by atoms with Gasteiger partial charge in [0.1, 0.15) is 21.5 Å². The van der Waals surface area contributed by atoms with Crippen LogP contribution in [0.4, 0.5) is 5.69 Å². The van der Waals surface area contributed by atoms with E-state index in [4.69, 9.17) is 13.3 Å². The second-order valence-corrected chi connectivity index (χ2v) is 11.8. The van der Waals surface area contributed by atoms with E-state index in [9.17, 15) is 23.3 Å². The van der Waals surface area contributed by atoms with Crippen molar-refractivity contribution in [3.63, 3.8) is 0 Å². The van der Waals surface area contributed by atoms with Gasteiger partial charge in [0.15, 0.2) is 5.75 Å². The maximum Gasteiger partial charge on any atom is 0.354 e.